The summed E-state index contributed by atoms with van der Waals surface area (Å²) < 4.78 is 13.5. The maximum absolute atomic E-state index is 13.5. The van der Waals surface area contributed by atoms with Crippen LogP contribution in [0.5, 0.6) is 0 Å². The molecule has 110 valence electrons. The number of rotatable bonds is 6. The van der Waals surface area contributed by atoms with E-state index in [1.54, 1.807) is 30.1 Å². The van der Waals surface area contributed by atoms with Crippen molar-refractivity contribution in [3.8, 4) is 0 Å². The summed E-state index contributed by atoms with van der Waals surface area (Å²) in [5, 5.41) is 2.86. The molecule has 0 spiro atoms. The average molecular weight is 286 g/mol. The summed E-state index contributed by atoms with van der Waals surface area (Å²) in [5.74, 6) is -0.313. The lowest BCUT2D eigenvalue weighted by atomic mass is 10.2. The number of likely N-dealkylation sites (N-methyl/N-ethyl adjacent to an activating group) is 1. The molecule has 0 aliphatic heterocycles. The summed E-state index contributed by atoms with van der Waals surface area (Å²) in [5.41, 5.74) is 1.65. The highest BCUT2D eigenvalue weighted by molar-refractivity contribution is 5.77. The van der Waals surface area contributed by atoms with E-state index < -0.39 is 0 Å². The Bertz CT molecular complexity index is 586. The van der Waals surface area contributed by atoms with E-state index in [0.29, 0.717) is 18.7 Å². The van der Waals surface area contributed by atoms with Gasteiger partial charge in [-0.2, -0.15) is 0 Å². The van der Waals surface area contributed by atoms with Gasteiger partial charge >= 0.3 is 0 Å². The molecule has 0 saturated carbocycles. The number of halogens is 1. The Morgan fingerprint density at radius 3 is 2.48 bits per heavy atom. The van der Waals surface area contributed by atoms with Crippen LogP contribution in [-0.2, 0) is 17.9 Å². The minimum atomic E-state index is -0.242. The summed E-state index contributed by atoms with van der Waals surface area (Å²) >= 11 is 0. The van der Waals surface area contributed by atoms with Crippen molar-refractivity contribution in [2.45, 2.75) is 13.1 Å². The van der Waals surface area contributed by atoms with Crippen molar-refractivity contribution in [1.29, 1.82) is 0 Å². The standard InChI is InChI=1S/C17H19FN2O/c1-20(12-15-9-5-6-10-16(15)18)13-17(21)19-11-14-7-3-2-4-8-14/h2-10H,11-13H2,1H3,(H,19,21). The smallest absolute Gasteiger partial charge is 0.234 e. The van der Waals surface area contributed by atoms with Gasteiger partial charge in [-0.25, -0.2) is 4.39 Å². The highest BCUT2D eigenvalue weighted by Gasteiger charge is 2.09. The number of nitrogens with one attached hydrogen (secondary N) is 1. The number of carbonyl (C=O) groups is 1. The molecule has 21 heavy (non-hydrogen) atoms. The van der Waals surface area contributed by atoms with Crippen LogP contribution in [0.2, 0.25) is 0 Å². The Morgan fingerprint density at radius 2 is 1.76 bits per heavy atom. The molecule has 0 aliphatic carbocycles. The number of hydrogen-bond donors (Lipinski definition) is 1. The van der Waals surface area contributed by atoms with E-state index in [1.807, 2.05) is 30.3 Å². The quantitative estimate of drug-likeness (QED) is 0.885. The van der Waals surface area contributed by atoms with Gasteiger partial charge in [0.25, 0.3) is 0 Å². The van der Waals surface area contributed by atoms with Gasteiger partial charge in [-0.1, -0.05) is 48.5 Å². The van der Waals surface area contributed by atoms with Crippen LogP contribution in [-0.4, -0.2) is 24.4 Å². The van der Waals surface area contributed by atoms with Crippen LogP contribution in [0.1, 0.15) is 11.1 Å². The molecule has 2 aromatic carbocycles. The maximum Gasteiger partial charge on any atom is 0.234 e. The molecule has 0 bridgehead atoms. The van der Waals surface area contributed by atoms with E-state index in [-0.39, 0.29) is 18.3 Å². The predicted molar refractivity (Wildman–Crippen MR) is 81.0 cm³/mol. The zero-order valence-electron chi connectivity index (χ0n) is 12.1. The highest BCUT2D eigenvalue weighted by atomic mass is 19.1. The van der Waals surface area contributed by atoms with Gasteiger partial charge in [-0.05, 0) is 18.7 Å². The Hall–Kier alpha value is -2.20. The molecule has 1 N–H and O–H groups in total. The number of hydrogen-bond acceptors (Lipinski definition) is 2. The maximum atomic E-state index is 13.5. The van der Waals surface area contributed by atoms with Crippen molar-refractivity contribution < 1.29 is 9.18 Å². The van der Waals surface area contributed by atoms with Gasteiger partial charge in [0.15, 0.2) is 0 Å². The van der Waals surface area contributed by atoms with E-state index in [0.717, 1.165) is 5.56 Å². The third-order valence-electron chi connectivity index (χ3n) is 3.14. The molecule has 2 rings (SSSR count). The van der Waals surface area contributed by atoms with Crippen LogP contribution in [0.4, 0.5) is 4.39 Å². The first-order chi connectivity index (χ1) is 10.1. The van der Waals surface area contributed by atoms with Crippen LogP contribution in [0.25, 0.3) is 0 Å². The molecule has 0 atom stereocenters. The van der Waals surface area contributed by atoms with Crippen molar-refractivity contribution in [1.82, 2.24) is 10.2 Å². The molecule has 0 unspecified atom stereocenters. The average Bonchev–Trinajstić information content (AvgIpc) is 2.48. The fourth-order valence-electron chi connectivity index (χ4n) is 2.07. The van der Waals surface area contributed by atoms with Crippen LogP contribution in [0.15, 0.2) is 54.6 Å². The molecule has 0 radical (unpaired) electrons. The summed E-state index contributed by atoms with van der Waals surface area (Å²) in [6, 6.07) is 16.3. The molecule has 0 saturated heterocycles. The Morgan fingerprint density at radius 1 is 1.10 bits per heavy atom. The Labute approximate surface area is 124 Å². The predicted octanol–water partition coefficient (Wildman–Crippen LogP) is 2.57. The Balaban J connectivity index is 1.78. The second-order valence-corrected chi connectivity index (χ2v) is 5.03. The molecule has 1 amide bonds. The zero-order valence-corrected chi connectivity index (χ0v) is 12.1. The molecule has 2 aromatic rings. The van der Waals surface area contributed by atoms with Gasteiger partial charge in [0, 0.05) is 18.7 Å². The fourth-order valence-corrected chi connectivity index (χ4v) is 2.07. The normalized spacial score (nSPS) is 10.6. The minimum absolute atomic E-state index is 0.0716. The number of benzene rings is 2. The summed E-state index contributed by atoms with van der Waals surface area (Å²) in [4.78, 5) is 13.6. The first-order valence-corrected chi connectivity index (χ1v) is 6.88. The molecule has 0 fully saturated rings. The van der Waals surface area contributed by atoms with Gasteiger partial charge in [0.1, 0.15) is 5.82 Å². The largest absolute Gasteiger partial charge is 0.351 e. The number of amides is 1. The number of nitrogens with zero attached hydrogens (tertiary/aromatic N) is 1. The summed E-state index contributed by atoms with van der Waals surface area (Å²) in [6.07, 6.45) is 0. The van der Waals surface area contributed by atoms with Crippen LogP contribution < -0.4 is 5.32 Å². The van der Waals surface area contributed by atoms with Gasteiger partial charge < -0.3 is 5.32 Å². The fraction of sp³-hybridized carbons (Fsp3) is 0.235. The minimum Gasteiger partial charge on any atom is -0.351 e. The molecule has 4 heteroatoms. The van der Waals surface area contributed by atoms with Gasteiger partial charge in [-0.3, -0.25) is 9.69 Å². The second-order valence-electron chi connectivity index (χ2n) is 5.03. The monoisotopic (exact) mass is 286 g/mol. The molecular formula is C17H19FN2O. The van der Waals surface area contributed by atoms with E-state index in [9.17, 15) is 9.18 Å². The molecule has 0 aliphatic rings. The van der Waals surface area contributed by atoms with E-state index in [2.05, 4.69) is 5.32 Å². The van der Waals surface area contributed by atoms with Gasteiger partial charge in [0.05, 0.1) is 6.54 Å². The van der Waals surface area contributed by atoms with Crippen molar-refractivity contribution in [3.63, 3.8) is 0 Å². The van der Waals surface area contributed by atoms with Gasteiger partial charge in [0.2, 0.25) is 5.91 Å². The lowest BCUT2D eigenvalue weighted by Gasteiger charge is -2.16. The van der Waals surface area contributed by atoms with Crippen LogP contribution in [0, 0.1) is 5.82 Å². The van der Waals surface area contributed by atoms with E-state index in [1.165, 1.54) is 6.07 Å². The number of carbonyl (C=O) groups excluding carboxylic acids is 1. The van der Waals surface area contributed by atoms with Crippen LogP contribution >= 0.6 is 0 Å². The second kappa shape index (κ2) is 7.55. The first-order valence-electron chi connectivity index (χ1n) is 6.88. The highest BCUT2D eigenvalue weighted by Crippen LogP contribution is 2.08. The third kappa shape index (κ3) is 5.00. The third-order valence-corrected chi connectivity index (χ3v) is 3.14. The van der Waals surface area contributed by atoms with Gasteiger partial charge in [-0.15, -0.1) is 0 Å². The van der Waals surface area contributed by atoms with Crippen molar-refractivity contribution >= 4 is 5.91 Å². The van der Waals surface area contributed by atoms with E-state index >= 15 is 0 Å². The van der Waals surface area contributed by atoms with E-state index in [4.69, 9.17) is 0 Å². The summed E-state index contributed by atoms with van der Waals surface area (Å²) in [6.45, 7) is 1.15. The zero-order chi connectivity index (χ0) is 15.1. The van der Waals surface area contributed by atoms with Crippen LogP contribution in [0.3, 0.4) is 0 Å². The molecule has 0 heterocycles. The molecular weight excluding hydrogens is 267 g/mol. The molecule has 3 nitrogen and oxygen atoms in total. The molecule has 0 aromatic heterocycles. The summed E-state index contributed by atoms with van der Waals surface area (Å²) in [7, 11) is 1.80. The lowest BCUT2D eigenvalue weighted by Crippen LogP contribution is -2.34. The van der Waals surface area contributed by atoms with Crippen molar-refractivity contribution in [2.75, 3.05) is 13.6 Å². The topological polar surface area (TPSA) is 32.3 Å². The van der Waals surface area contributed by atoms with Crippen molar-refractivity contribution in [2.24, 2.45) is 0 Å². The Kier molecular flexibility index (Phi) is 5.46. The lowest BCUT2D eigenvalue weighted by molar-refractivity contribution is -0.122. The first kappa shape index (κ1) is 15.2. The van der Waals surface area contributed by atoms with Crippen molar-refractivity contribution in [3.05, 3.63) is 71.5 Å². The SMILES string of the molecule is CN(CC(=O)NCc1ccccc1)Cc1ccccc1F.